The van der Waals surface area contributed by atoms with Crippen LogP contribution in [0.2, 0.25) is 13.1 Å². The van der Waals surface area contributed by atoms with Crippen molar-refractivity contribution in [2.75, 3.05) is 14.1 Å². The van der Waals surface area contributed by atoms with E-state index in [0.717, 1.165) is 0 Å². The zero-order valence-corrected chi connectivity index (χ0v) is 17.4. The van der Waals surface area contributed by atoms with Gasteiger partial charge in [0.25, 0.3) is 0 Å². The quantitative estimate of drug-likeness (QED) is 0.496. The molecule has 0 saturated heterocycles. The van der Waals surface area contributed by atoms with Crippen molar-refractivity contribution in [3.8, 4) is 0 Å². The fourth-order valence-electron chi connectivity index (χ4n) is 2.88. The minimum absolute atomic E-state index is 0.508. The van der Waals surface area contributed by atoms with Gasteiger partial charge in [0.2, 0.25) is 0 Å². The Balaban J connectivity index is 2.03. The highest BCUT2D eigenvalue weighted by atomic mass is 31.1. The van der Waals surface area contributed by atoms with Crippen LogP contribution in [0.5, 0.6) is 0 Å². The van der Waals surface area contributed by atoms with Crippen LogP contribution >= 0.6 is 7.92 Å². The van der Waals surface area contributed by atoms with Crippen molar-refractivity contribution in [2.45, 2.75) is 13.1 Å². The standard InChI is InChI=1S/C22H26NPSi/c1-23(2)25(3,4)22-17-15-21(16-18-22)24(19-11-7-5-8-12-19)20-13-9-6-10-14-20/h5-18H,1-4H3. The van der Waals surface area contributed by atoms with Gasteiger partial charge in [0.1, 0.15) is 0 Å². The van der Waals surface area contributed by atoms with Crippen LogP contribution in [0, 0.1) is 0 Å². The molecule has 0 bridgehead atoms. The SMILES string of the molecule is CN(C)[Si](C)(C)c1ccc(P(c2ccccc2)c2ccccc2)cc1. The van der Waals surface area contributed by atoms with Crippen molar-refractivity contribution in [3.63, 3.8) is 0 Å². The second-order valence-corrected chi connectivity index (χ2v) is 13.8. The van der Waals surface area contributed by atoms with Crippen LogP contribution in [-0.4, -0.2) is 26.9 Å². The summed E-state index contributed by atoms with van der Waals surface area (Å²) >= 11 is 0. The highest BCUT2D eigenvalue weighted by Crippen LogP contribution is 2.32. The molecule has 3 heteroatoms. The monoisotopic (exact) mass is 363 g/mol. The molecule has 0 radical (unpaired) electrons. The van der Waals surface area contributed by atoms with Gasteiger partial charge < -0.3 is 4.57 Å². The summed E-state index contributed by atoms with van der Waals surface area (Å²) in [4.78, 5) is 0. The van der Waals surface area contributed by atoms with Crippen molar-refractivity contribution in [3.05, 3.63) is 84.9 Å². The molecule has 0 N–H and O–H groups in total. The molecule has 0 atom stereocenters. The van der Waals surface area contributed by atoms with E-state index in [2.05, 4.69) is 117 Å². The zero-order chi connectivity index (χ0) is 17.9. The van der Waals surface area contributed by atoms with Crippen LogP contribution in [0.15, 0.2) is 84.9 Å². The normalized spacial score (nSPS) is 11.9. The molecular formula is C22H26NPSi. The number of rotatable bonds is 5. The van der Waals surface area contributed by atoms with Gasteiger partial charge in [-0.1, -0.05) is 98.0 Å². The topological polar surface area (TPSA) is 3.24 Å². The van der Waals surface area contributed by atoms with E-state index in [1.807, 2.05) is 0 Å². The minimum atomic E-state index is -1.53. The van der Waals surface area contributed by atoms with Gasteiger partial charge in [0.15, 0.2) is 8.24 Å². The lowest BCUT2D eigenvalue weighted by Gasteiger charge is -2.31. The maximum atomic E-state index is 2.40. The van der Waals surface area contributed by atoms with E-state index in [1.165, 1.54) is 21.1 Å². The first-order valence-corrected chi connectivity index (χ1v) is 13.0. The molecule has 0 aliphatic heterocycles. The van der Waals surface area contributed by atoms with E-state index in [1.54, 1.807) is 0 Å². The van der Waals surface area contributed by atoms with Gasteiger partial charge in [-0.05, 0) is 43.1 Å². The maximum absolute atomic E-state index is 2.40. The van der Waals surface area contributed by atoms with Gasteiger partial charge in [0.05, 0.1) is 0 Å². The molecule has 0 saturated carbocycles. The summed E-state index contributed by atoms with van der Waals surface area (Å²) in [5.74, 6) is 0. The van der Waals surface area contributed by atoms with Crippen molar-refractivity contribution in [1.82, 2.24) is 4.57 Å². The average molecular weight is 364 g/mol. The average Bonchev–Trinajstić information content (AvgIpc) is 2.64. The molecule has 3 aromatic carbocycles. The van der Waals surface area contributed by atoms with E-state index >= 15 is 0 Å². The molecule has 3 aromatic rings. The first kappa shape index (κ1) is 18.1. The number of benzene rings is 3. The Morgan fingerprint density at radius 2 is 1.00 bits per heavy atom. The van der Waals surface area contributed by atoms with E-state index in [-0.39, 0.29) is 0 Å². The van der Waals surface area contributed by atoms with Crippen LogP contribution in [0.4, 0.5) is 0 Å². The van der Waals surface area contributed by atoms with E-state index < -0.39 is 16.2 Å². The molecule has 0 spiro atoms. The molecule has 0 aliphatic rings. The minimum Gasteiger partial charge on any atom is -0.326 e. The Hall–Kier alpha value is -1.73. The Kier molecular flexibility index (Phi) is 5.53. The third-order valence-electron chi connectivity index (χ3n) is 4.98. The van der Waals surface area contributed by atoms with Gasteiger partial charge >= 0.3 is 0 Å². The van der Waals surface area contributed by atoms with Crippen molar-refractivity contribution in [2.24, 2.45) is 0 Å². The molecule has 0 heterocycles. The predicted molar refractivity (Wildman–Crippen MR) is 116 cm³/mol. The largest absolute Gasteiger partial charge is 0.326 e. The fourth-order valence-corrected chi connectivity index (χ4v) is 6.66. The van der Waals surface area contributed by atoms with Crippen LogP contribution in [0.25, 0.3) is 0 Å². The Morgan fingerprint density at radius 3 is 1.40 bits per heavy atom. The molecular weight excluding hydrogens is 337 g/mol. The summed E-state index contributed by atoms with van der Waals surface area (Å²) in [6, 6.07) is 31.2. The highest BCUT2D eigenvalue weighted by Gasteiger charge is 2.26. The Morgan fingerprint density at radius 1 is 0.600 bits per heavy atom. The van der Waals surface area contributed by atoms with Gasteiger partial charge in [-0.2, -0.15) is 0 Å². The van der Waals surface area contributed by atoms with E-state index in [9.17, 15) is 0 Å². The first-order valence-electron chi connectivity index (χ1n) is 8.68. The van der Waals surface area contributed by atoms with E-state index in [0.29, 0.717) is 0 Å². The molecule has 25 heavy (non-hydrogen) atoms. The molecule has 0 fully saturated rings. The molecule has 0 unspecified atom stereocenters. The van der Waals surface area contributed by atoms with E-state index in [4.69, 9.17) is 0 Å². The Labute approximate surface area is 154 Å². The van der Waals surface area contributed by atoms with Crippen LogP contribution < -0.4 is 21.1 Å². The molecule has 0 aromatic heterocycles. The van der Waals surface area contributed by atoms with Gasteiger partial charge in [-0.25, -0.2) is 0 Å². The van der Waals surface area contributed by atoms with Crippen LogP contribution in [0.3, 0.4) is 0 Å². The van der Waals surface area contributed by atoms with Gasteiger partial charge in [0, 0.05) is 0 Å². The first-order chi connectivity index (χ1) is 12.0. The fraction of sp³-hybridized carbons (Fsp3) is 0.182. The van der Waals surface area contributed by atoms with Crippen LogP contribution in [-0.2, 0) is 0 Å². The summed E-state index contributed by atoms with van der Waals surface area (Å²) < 4.78 is 2.40. The lowest BCUT2D eigenvalue weighted by Crippen LogP contribution is -2.54. The molecule has 0 amide bonds. The lowest BCUT2D eigenvalue weighted by atomic mass is 10.3. The third kappa shape index (κ3) is 3.93. The van der Waals surface area contributed by atoms with Crippen LogP contribution in [0.1, 0.15) is 0 Å². The Bertz CT molecular complexity index is 759. The summed E-state index contributed by atoms with van der Waals surface area (Å²) in [6.07, 6.45) is 0. The van der Waals surface area contributed by atoms with Crippen molar-refractivity contribution in [1.29, 1.82) is 0 Å². The predicted octanol–water partition coefficient (Wildman–Crippen LogP) is 3.42. The summed E-state index contributed by atoms with van der Waals surface area (Å²) in [5.41, 5.74) is 0. The lowest BCUT2D eigenvalue weighted by molar-refractivity contribution is 0.633. The molecule has 128 valence electrons. The zero-order valence-electron chi connectivity index (χ0n) is 15.5. The summed E-state index contributed by atoms with van der Waals surface area (Å²) in [7, 11) is 2.35. The molecule has 3 rings (SSSR count). The summed E-state index contributed by atoms with van der Waals surface area (Å²) in [5, 5.41) is 5.71. The number of hydrogen-bond donors (Lipinski definition) is 0. The smallest absolute Gasteiger partial charge is 0.153 e. The number of hydrogen-bond acceptors (Lipinski definition) is 1. The maximum Gasteiger partial charge on any atom is 0.153 e. The second-order valence-electron chi connectivity index (χ2n) is 7.01. The number of nitrogens with zero attached hydrogens (tertiary/aromatic N) is 1. The summed E-state index contributed by atoms with van der Waals surface area (Å²) in [6.45, 7) is 4.80. The van der Waals surface area contributed by atoms with Crippen molar-refractivity contribution >= 4 is 37.3 Å². The van der Waals surface area contributed by atoms with Gasteiger partial charge in [-0.3, -0.25) is 0 Å². The third-order valence-corrected chi connectivity index (χ3v) is 11.4. The highest BCUT2D eigenvalue weighted by molar-refractivity contribution is 7.79. The van der Waals surface area contributed by atoms with Crippen molar-refractivity contribution < 1.29 is 0 Å². The molecule has 0 aliphatic carbocycles. The second kappa shape index (κ2) is 7.66. The molecule has 1 nitrogen and oxygen atoms in total. The van der Waals surface area contributed by atoms with Gasteiger partial charge in [-0.15, -0.1) is 0 Å².